The minimum absolute atomic E-state index is 0.240. The van der Waals surface area contributed by atoms with Gasteiger partial charge in [-0.15, -0.1) is 0 Å². The van der Waals surface area contributed by atoms with E-state index in [1.165, 1.54) is 12.1 Å². The molecule has 1 atom stereocenters. The van der Waals surface area contributed by atoms with E-state index < -0.39 is 11.6 Å². The zero-order valence-corrected chi connectivity index (χ0v) is 13.2. The first-order valence-electron chi connectivity index (χ1n) is 6.36. The average Bonchev–Trinajstić information content (AvgIpc) is 2.35. The maximum Gasteiger partial charge on any atom is 0.131 e. The fourth-order valence-electron chi connectivity index (χ4n) is 2.21. The largest absolute Gasteiger partial charge is 0.378 e. The first kappa shape index (κ1) is 15.0. The van der Waals surface area contributed by atoms with Gasteiger partial charge >= 0.3 is 0 Å². The highest BCUT2D eigenvalue weighted by atomic mass is 79.9. The molecule has 0 aromatic heterocycles. The molecule has 0 aliphatic rings. The van der Waals surface area contributed by atoms with Crippen LogP contribution in [0.25, 0.3) is 0 Å². The molecule has 0 bridgehead atoms. The van der Waals surface area contributed by atoms with Crippen LogP contribution in [0.5, 0.6) is 0 Å². The van der Waals surface area contributed by atoms with E-state index in [1.807, 2.05) is 32.9 Å². The van der Waals surface area contributed by atoms with E-state index in [1.54, 1.807) is 0 Å². The van der Waals surface area contributed by atoms with E-state index in [-0.39, 0.29) is 6.04 Å². The van der Waals surface area contributed by atoms with Gasteiger partial charge in [-0.3, -0.25) is 0 Å². The lowest BCUT2D eigenvalue weighted by molar-refractivity contribution is 0.566. The van der Waals surface area contributed by atoms with Crippen LogP contribution in [0.4, 0.5) is 14.5 Å². The van der Waals surface area contributed by atoms with Crippen LogP contribution in [0.3, 0.4) is 0 Å². The second-order valence-electron chi connectivity index (χ2n) is 4.96. The summed E-state index contributed by atoms with van der Waals surface area (Å²) in [6.45, 7) is 5.86. The van der Waals surface area contributed by atoms with Gasteiger partial charge in [0.1, 0.15) is 11.6 Å². The van der Waals surface area contributed by atoms with Crippen molar-refractivity contribution in [2.24, 2.45) is 0 Å². The number of benzene rings is 2. The average molecular weight is 340 g/mol. The summed E-state index contributed by atoms with van der Waals surface area (Å²) in [5.41, 5.74) is 3.59. The van der Waals surface area contributed by atoms with E-state index in [2.05, 4.69) is 21.2 Å². The Kier molecular flexibility index (Phi) is 4.43. The van der Waals surface area contributed by atoms with Gasteiger partial charge in [0, 0.05) is 21.8 Å². The normalized spacial score (nSPS) is 12.3. The van der Waals surface area contributed by atoms with Crippen molar-refractivity contribution in [2.45, 2.75) is 26.8 Å². The second-order valence-corrected chi connectivity index (χ2v) is 5.75. The molecule has 1 unspecified atom stereocenters. The molecule has 0 saturated heterocycles. The smallest absolute Gasteiger partial charge is 0.131 e. The van der Waals surface area contributed by atoms with E-state index in [9.17, 15) is 8.78 Å². The van der Waals surface area contributed by atoms with Crippen molar-refractivity contribution in [2.75, 3.05) is 5.32 Å². The maximum atomic E-state index is 13.7. The molecule has 0 radical (unpaired) electrons. The van der Waals surface area contributed by atoms with Crippen LogP contribution in [0.15, 0.2) is 34.8 Å². The third kappa shape index (κ3) is 3.18. The van der Waals surface area contributed by atoms with Gasteiger partial charge in [0.05, 0.1) is 6.04 Å². The van der Waals surface area contributed by atoms with Crippen LogP contribution in [-0.2, 0) is 0 Å². The summed E-state index contributed by atoms with van der Waals surface area (Å²) >= 11 is 3.51. The van der Waals surface area contributed by atoms with Crippen LogP contribution in [0.2, 0.25) is 0 Å². The Labute approximate surface area is 126 Å². The molecular weight excluding hydrogens is 324 g/mol. The molecule has 2 aromatic carbocycles. The minimum Gasteiger partial charge on any atom is -0.378 e. The Morgan fingerprint density at radius 3 is 2.20 bits per heavy atom. The fourth-order valence-corrected chi connectivity index (χ4v) is 2.44. The molecule has 2 aromatic rings. The SMILES string of the molecule is Cc1cc(NC(C)c2ccc(F)cc2F)cc(C)c1Br. The summed E-state index contributed by atoms with van der Waals surface area (Å²) in [6.07, 6.45) is 0. The van der Waals surface area contributed by atoms with Crippen molar-refractivity contribution >= 4 is 21.6 Å². The van der Waals surface area contributed by atoms with Crippen LogP contribution >= 0.6 is 15.9 Å². The van der Waals surface area contributed by atoms with Crippen molar-refractivity contribution in [1.29, 1.82) is 0 Å². The number of anilines is 1. The number of hydrogen-bond acceptors (Lipinski definition) is 1. The van der Waals surface area contributed by atoms with Crippen molar-refractivity contribution in [3.05, 3.63) is 63.1 Å². The number of rotatable bonds is 3. The molecule has 1 nitrogen and oxygen atoms in total. The van der Waals surface area contributed by atoms with Crippen molar-refractivity contribution in [1.82, 2.24) is 0 Å². The predicted molar refractivity (Wildman–Crippen MR) is 82.0 cm³/mol. The Morgan fingerprint density at radius 1 is 1.05 bits per heavy atom. The molecule has 0 saturated carbocycles. The third-order valence-electron chi connectivity index (χ3n) is 3.25. The topological polar surface area (TPSA) is 12.0 Å². The maximum absolute atomic E-state index is 13.7. The molecule has 0 spiro atoms. The molecular formula is C16H16BrF2N. The summed E-state index contributed by atoms with van der Waals surface area (Å²) in [6, 6.07) is 7.40. The zero-order valence-electron chi connectivity index (χ0n) is 11.6. The highest BCUT2D eigenvalue weighted by Gasteiger charge is 2.12. The van der Waals surface area contributed by atoms with E-state index in [0.29, 0.717) is 5.56 Å². The summed E-state index contributed by atoms with van der Waals surface area (Å²) in [4.78, 5) is 0. The Morgan fingerprint density at radius 2 is 1.65 bits per heavy atom. The van der Waals surface area contributed by atoms with Gasteiger partial charge in [-0.25, -0.2) is 8.78 Å². The Bertz CT molecular complexity index is 617. The molecule has 20 heavy (non-hydrogen) atoms. The molecule has 2 rings (SSSR count). The number of nitrogens with one attached hydrogen (secondary N) is 1. The molecule has 4 heteroatoms. The van der Waals surface area contributed by atoms with E-state index in [0.717, 1.165) is 27.4 Å². The predicted octanol–water partition coefficient (Wildman–Crippen LogP) is 5.52. The first-order chi connectivity index (χ1) is 9.38. The van der Waals surface area contributed by atoms with E-state index in [4.69, 9.17) is 0 Å². The molecule has 0 fully saturated rings. The highest BCUT2D eigenvalue weighted by molar-refractivity contribution is 9.10. The van der Waals surface area contributed by atoms with Gasteiger partial charge in [-0.05, 0) is 50.1 Å². The molecule has 0 heterocycles. The lowest BCUT2D eigenvalue weighted by Gasteiger charge is -2.18. The van der Waals surface area contributed by atoms with Crippen molar-refractivity contribution in [3.8, 4) is 0 Å². The summed E-state index contributed by atoms with van der Waals surface area (Å²) in [5, 5.41) is 3.24. The third-order valence-corrected chi connectivity index (χ3v) is 4.50. The highest BCUT2D eigenvalue weighted by Crippen LogP contribution is 2.28. The lowest BCUT2D eigenvalue weighted by Crippen LogP contribution is -2.09. The summed E-state index contributed by atoms with van der Waals surface area (Å²) in [7, 11) is 0. The quantitative estimate of drug-likeness (QED) is 0.776. The van der Waals surface area contributed by atoms with Crippen LogP contribution < -0.4 is 5.32 Å². The Balaban J connectivity index is 2.25. The van der Waals surface area contributed by atoms with Gasteiger partial charge in [-0.1, -0.05) is 22.0 Å². The summed E-state index contributed by atoms with van der Waals surface area (Å²) in [5.74, 6) is -1.09. The summed E-state index contributed by atoms with van der Waals surface area (Å²) < 4.78 is 27.7. The molecule has 1 N–H and O–H groups in total. The monoisotopic (exact) mass is 339 g/mol. The Hall–Kier alpha value is -1.42. The van der Waals surface area contributed by atoms with Crippen LogP contribution in [0.1, 0.15) is 29.7 Å². The minimum atomic E-state index is -0.561. The van der Waals surface area contributed by atoms with Crippen LogP contribution in [-0.4, -0.2) is 0 Å². The molecule has 0 aliphatic carbocycles. The van der Waals surface area contributed by atoms with Crippen molar-refractivity contribution in [3.63, 3.8) is 0 Å². The van der Waals surface area contributed by atoms with Crippen molar-refractivity contribution < 1.29 is 8.78 Å². The van der Waals surface area contributed by atoms with Gasteiger partial charge in [0.2, 0.25) is 0 Å². The van der Waals surface area contributed by atoms with E-state index >= 15 is 0 Å². The van der Waals surface area contributed by atoms with Gasteiger partial charge in [-0.2, -0.15) is 0 Å². The first-order valence-corrected chi connectivity index (χ1v) is 7.16. The van der Waals surface area contributed by atoms with Gasteiger partial charge in [0.25, 0.3) is 0 Å². The number of hydrogen-bond donors (Lipinski definition) is 1. The molecule has 0 aliphatic heterocycles. The number of aryl methyl sites for hydroxylation is 2. The van der Waals surface area contributed by atoms with Crippen LogP contribution in [0, 0.1) is 25.5 Å². The van der Waals surface area contributed by atoms with Gasteiger partial charge in [0.15, 0.2) is 0 Å². The van der Waals surface area contributed by atoms with Gasteiger partial charge < -0.3 is 5.32 Å². The standard InChI is InChI=1S/C16H16BrF2N/c1-9-6-13(7-10(2)16(9)17)20-11(3)14-5-4-12(18)8-15(14)19/h4-8,11,20H,1-3H3. The fraction of sp³-hybridized carbons (Fsp3) is 0.250. The second kappa shape index (κ2) is 5.92. The number of halogens is 3. The molecule has 106 valence electrons. The zero-order chi connectivity index (χ0) is 14.9. The molecule has 0 amide bonds. The lowest BCUT2D eigenvalue weighted by atomic mass is 10.1.